The molecular formula is C15H19NO11P+. The zero-order valence-electron chi connectivity index (χ0n) is 14.3. The zero-order valence-corrected chi connectivity index (χ0v) is 15.2. The predicted molar refractivity (Wildman–Crippen MR) is 93.5 cm³/mol. The van der Waals surface area contributed by atoms with E-state index in [0.29, 0.717) is 0 Å². The lowest BCUT2D eigenvalue weighted by Crippen LogP contribution is -2.31. The minimum Gasteiger partial charge on any atom is -0.480 e. The molecule has 0 fully saturated rings. The summed E-state index contributed by atoms with van der Waals surface area (Å²) in [6.45, 7) is -1.59. The Morgan fingerprint density at radius 2 is 1.50 bits per heavy atom. The van der Waals surface area contributed by atoms with E-state index in [2.05, 4.69) is 0 Å². The van der Waals surface area contributed by atoms with E-state index in [0.717, 1.165) is 18.2 Å². The molecule has 0 aliphatic carbocycles. The highest BCUT2D eigenvalue weighted by molar-refractivity contribution is 7.81. The average Bonchev–Trinajstić information content (AvgIpc) is 2.62. The van der Waals surface area contributed by atoms with E-state index in [1.54, 1.807) is 0 Å². The van der Waals surface area contributed by atoms with E-state index in [9.17, 15) is 29.0 Å². The number of carbonyl (C=O) groups excluding carboxylic acids is 1. The molecule has 0 saturated carbocycles. The lowest BCUT2D eigenvalue weighted by molar-refractivity contribution is -0.140. The lowest BCUT2D eigenvalue weighted by atomic mass is 10.2. The third-order valence-electron chi connectivity index (χ3n) is 3.29. The maximum Gasteiger partial charge on any atom is 0.356 e. The van der Waals surface area contributed by atoms with Gasteiger partial charge in [-0.05, 0) is 18.2 Å². The second kappa shape index (κ2) is 9.95. The summed E-state index contributed by atoms with van der Waals surface area (Å²) in [5, 5.41) is 26.1. The van der Waals surface area contributed by atoms with E-state index >= 15 is 0 Å². The number of carboxylic acids is 3. The second-order valence-electron chi connectivity index (χ2n) is 5.52. The molecule has 7 N–H and O–H groups in total. The van der Waals surface area contributed by atoms with Crippen LogP contribution < -0.4 is 15.2 Å². The number of ether oxygens (including phenoxy) is 2. The lowest BCUT2D eigenvalue weighted by Gasteiger charge is -2.14. The molecule has 0 heterocycles. The third-order valence-corrected chi connectivity index (χ3v) is 5.08. The number of carboxylic acid groups (broad SMARTS) is 3. The summed E-state index contributed by atoms with van der Waals surface area (Å²) in [5.41, 5.74) is 3.89. The van der Waals surface area contributed by atoms with Crippen molar-refractivity contribution in [1.29, 1.82) is 0 Å². The third kappa shape index (κ3) is 7.08. The smallest absolute Gasteiger partial charge is 0.356 e. The Morgan fingerprint density at radius 3 is 2.00 bits per heavy atom. The fraction of sp³-hybridized carbons (Fsp3) is 0.333. The van der Waals surface area contributed by atoms with Crippen molar-refractivity contribution in [3.05, 3.63) is 23.8 Å². The molecule has 154 valence electrons. The summed E-state index contributed by atoms with van der Waals surface area (Å²) >= 11 is 0. The molecule has 0 radical (unpaired) electrons. The van der Waals surface area contributed by atoms with E-state index < -0.39 is 56.6 Å². The first-order valence-corrected chi connectivity index (χ1v) is 9.52. The monoisotopic (exact) mass is 420 g/mol. The van der Waals surface area contributed by atoms with Crippen molar-refractivity contribution in [1.82, 2.24) is 0 Å². The van der Waals surface area contributed by atoms with Crippen LogP contribution in [-0.2, 0) is 14.4 Å². The van der Waals surface area contributed by atoms with Crippen LogP contribution in [0.5, 0.6) is 11.5 Å². The normalized spacial score (nSPS) is 12.1. The molecule has 0 aliphatic rings. The maximum atomic E-state index is 12.4. The first kappa shape index (κ1) is 23.2. The van der Waals surface area contributed by atoms with E-state index in [1.807, 2.05) is 0 Å². The van der Waals surface area contributed by atoms with Gasteiger partial charge in [0.2, 0.25) is 0 Å². The molecule has 0 aromatic heterocycles. The number of rotatable bonds is 12. The van der Waals surface area contributed by atoms with Crippen molar-refractivity contribution in [2.45, 2.75) is 12.5 Å². The Hall–Kier alpha value is -2.79. The van der Waals surface area contributed by atoms with Gasteiger partial charge in [0.1, 0.15) is 12.2 Å². The van der Waals surface area contributed by atoms with Gasteiger partial charge in [0, 0.05) is 6.42 Å². The summed E-state index contributed by atoms with van der Waals surface area (Å²) in [4.78, 5) is 64.4. The van der Waals surface area contributed by atoms with Gasteiger partial charge in [0.25, 0.3) is 0 Å². The van der Waals surface area contributed by atoms with Crippen LogP contribution in [0.4, 0.5) is 0 Å². The van der Waals surface area contributed by atoms with Crippen molar-refractivity contribution in [3.8, 4) is 11.5 Å². The fourth-order valence-electron chi connectivity index (χ4n) is 1.90. The number of hydrogen-bond donors (Lipinski definition) is 6. The molecule has 1 aromatic carbocycles. The zero-order chi connectivity index (χ0) is 21.5. The molecule has 1 unspecified atom stereocenters. The Labute approximate surface area is 158 Å². The van der Waals surface area contributed by atoms with Crippen LogP contribution in [0.15, 0.2) is 18.2 Å². The number of nitrogens with two attached hydrogens (primary N) is 1. The summed E-state index contributed by atoms with van der Waals surface area (Å²) in [5.74, 6) is -4.49. The van der Waals surface area contributed by atoms with Gasteiger partial charge in [-0.3, -0.25) is 4.79 Å². The van der Waals surface area contributed by atoms with Gasteiger partial charge in [-0.15, -0.1) is 0 Å². The van der Waals surface area contributed by atoms with Gasteiger partial charge in [-0.1, -0.05) is 0 Å². The van der Waals surface area contributed by atoms with Crippen LogP contribution in [0, 0.1) is 0 Å². The molecule has 0 saturated heterocycles. The molecule has 12 nitrogen and oxygen atoms in total. The molecule has 1 atom stereocenters. The maximum absolute atomic E-state index is 12.4. The predicted octanol–water partition coefficient (Wildman–Crippen LogP) is -0.612. The van der Waals surface area contributed by atoms with Gasteiger partial charge < -0.3 is 30.5 Å². The Morgan fingerprint density at radius 1 is 0.964 bits per heavy atom. The number of benzene rings is 1. The van der Waals surface area contributed by atoms with Crippen molar-refractivity contribution >= 4 is 31.1 Å². The standard InChI is InChI=1S/C15H18NO11P/c16-9(14(21)22)3-4-28(24,25)15(23)8-1-2-10(26-6-12(17)18)11(5-8)27-7-13(19)20/h1-2,5,9,24-25H,3-4,6-7,16H2,(H2-,17,18,19,20,21,22)/p+1. The molecule has 13 heteroatoms. The molecule has 0 aliphatic heterocycles. The van der Waals surface area contributed by atoms with Crippen molar-refractivity contribution in [2.24, 2.45) is 5.73 Å². The Balaban J connectivity index is 3.05. The van der Waals surface area contributed by atoms with Crippen molar-refractivity contribution in [3.63, 3.8) is 0 Å². The SMILES string of the molecule is NC(CC[P+](O)(O)C(=O)c1ccc(OCC(=O)O)c(OCC(=O)O)c1)C(=O)O. The first-order chi connectivity index (χ1) is 12.9. The fourth-order valence-corrected chi connectivity index (χ4v) is 3.30. The minimum atomic E-state index is -4.24. The van der Waals surface area contributed by atoms with Gasteiger partial charge in [0.15, 0.2) is 24.7 Å². The molecule has 1 aromatic rings. The highest BCUT2D eigenvalue weighted by Gasteiger charge is 2.45. The van der Waals surface area contributed by atoms with E-state index in [1.165, 1.54) is 0 Å². The Kier molecular flexibility index (Phi) is 8.26. The van der Waals surface area contributed by atoms with E-state index in [4.69, 9.17) is 30.5 Å². The van der Waals surface area contributed by atoms with Crippen LogP contribution in [0.3, 0.4) is 0 Å². The molecular weight excluding hydrogens is 401 g/mol. The second-order valence-corrected chi connectivity index (χ2v) is 7.83. The van der Waals surface area contributed by atoms with Gasteiger partial charge >= 0.3 is 31.1 Å². The molecule has 0 amide bonds. The minimum absolute atomic E-state index is 0.173. The van der Waals surface area contributed by atoms with Crippen LogP contribution in [0.2, 0.25) is 0 Å². The number of aliphatic carboxylic acids is 3. The molecule has 0 spiro atoms. The van der Waals surface area contributed by atoms with Gasteiger partial charge in [-0.25, -0.2) is 24.2 Å². The quantitative estimate of drug-likeness (QED) is 0.234. The van der Waals surface area contributed by atoms with Crippen LogP contribution >= 0.6 is 7.72 Å². The summed E-state index contributed by atoms with van der Waals surface area (Å²) < 4.78 is 9.88. The highest BCUT2D eigenvalue weighted by Crippen LogP contribution is 2.54. The molecule has 28 heavy (non-hydrogen) atoms. The molecule has 1 rings (SSSR count). The number of carbonyl (C=O) groups is 4. The van der Waals surface area contributed by atoms with Crippen molar-refractivity contribution < 1.29 is 53.8 Å². The topological polar surface area (TPSA) is 214 Å². The summed E-state index contributed by atoms with van der Waals surface area (Å²) in [7, 11) is -4.24. The molecule has 0 bridgehead atoms. The average molecular weight is 420 g/mol. The summed E-state index contributed by atoms with van der Waals surface area (Å²) in [6.07, 6.45) is -0.925. The van der Waals surface area contributed by atoms with Gasteiger partial charge in [-0.2, -0.15) is 0 Å². The highest BCUT2D eigenvalue weighted by atomic mass is 31.2. The first-order valence-electron chi connectivity index (χ1n) is 7.64. The van der Waals surface area contributed by atoms with Crippen LogP contribution in [-0.4, -0.2) is 74.0 Å². The van der Waals surface area contributed by atoms with Gasteiger partial charge in [0.05, 0.1) is 5.56 Å². The van der Waals surface area contributed by atoms with Crippen LogP contribution in [0.25, 0.3) is 0 Å². The Bertz CT molecular complexity index is 764. The van der Waals surface area contributed by atoms with Crippen molar-refractivity contribution in [2.75, 3.05) is 19.4 Å². The van der Waals surface area contributed by atoms with Crippen LogP contribution in [0.1, 0.15) is 16.8 Å². The largest absolute Gasteiger partial charge is 0.480 e. The van der Waals surface area contributed by atoms with E-state index in [-0.39, 0.29) is 23.5 Å². The number of hydrogen-bond acceptors (Lipinski definition) is 9. The summed E-state index contributed by atoms with van der Waals surface area (Å²) in [6, 6.07) is 1.80.